The maximum absolute atomic E-state index is 14.8. The highest BCUT2D eigenvalue weighted by Gasteiger charge is 2.47. The van der Waals surface area contributed by atoms with E-state index in [4.69, 9.17) is 5.73 Å². The van der Waals surface area contributed by atoms with E-state index >= 15 is 0 Å². The molecule has 1 aromatic carbocycles. The first-order valence-corrected chi connectivity index (χ1v) is 11.4. The number of nitrogens with zero attached hydrogens (tertiary/aromatic N) is 5. The molecule has 2 amide bonds. The van der Waals surface area contributed by atoms with Crippen LogP contribution < -0.4 is 5.73 Å². The lowest BCUT2D eigenvalue weighted by atomic mass is 9.93. The second-order valence-corrected chi connectivity index (χ2v) is 9.11. The molecule has 2 N–H and O–H groups in total. The number of hydrogen-bond donors (Lipinski definition) is 1. The summed E-state index contributed by atoms with van der Waals surface area (Å²) in [6.07, 6.45) is -3.82. The van der Waals surface area contributed by atoms with Crippen LogP contribution >= 0.6 is 0 Å². The SMILES string of the molecule is Nc1cc(C(=O)N2CC(c3nn(CC(=O)N4CCC[C@H]4C(F)(F)F)c4cc(F)cc(F)c34)C2)c(F)cn1. The maximum Gasteiger partial charge on any atom is 0.408 e. The van der Waals surface area contributed by atoms with Crippen LogP contribution in [0.2, 0.25) is 0 Å². The highest BCUT2D eigenvalue weighted by molar-refractivity contribution is 5.96. The lowest BCUT2D eigenvalue weighted by Crippen LogP contribution is -2.49. The molecule has 0 spiro atoms. The molecule has 196 valence electrons. The Bertz CT molecular complexity index is 1400. The summed E-state index contributed by atoms with van der Waals surface area (Å²) in [4.78, 5) is 31.0. The summed E-state index contributed by atoms with van der Waals surface area (Å²) >= 11 is 0. The third kappa shape index (κ3) is 4.44. The molecule has 5 rings (SSSR count). The van der Waals surface area contributed by atoms with Crippen LogP contribution in [0.15, 0.2) is 24.4 Å². The summed E-state index contributed by atoms with van der Waals surface area (Å²) < 4.78 is 83.9. The Kier molecular flexibility index (Phi) is 5.99. The van der Waals surface area contributed by atoms with Crippen LogP contribution in [0.4, 0.5) is 32.2 Å². The van der Waals surface area contributed by atoms with Crippen LogP contribution in [0.25, 0.3) is 10.9 Å². The van der Waals surface area contributed by atoms with Crippen molar-refractivity contribution >= 4 is 28.5 Å². The number of hydrogen-bond acceptors (Lipinski definition) is 5. The van der Waals surface area contributed by atoms with Crippen molar-refractivity contribution in [2.75, 3.05) is 25.4 Å². The number of alkyl halides is 3. The summed E-state index contributed by atoms with van der Waals surface area (Å²) in [7, 11) is 0. The number of rotatable bonds is 4. The van der Waals surface area contributed by atoms with Crippen LogP contribution in [0.5, 0.6) is 0 Å². The molecule has 8 nitrogen and oxygen atoms in total. The molecule has 0 saturated carbocycles. The van der Waals surface area contributed by atoms with Gasteiger partial charge >= 0.3 is 6.18 Å². The van der Waals surface area contributed by atoms with Gasteiger partial charge in [-0.15, -0.1) is 0 Å². The quantitative estimate of drug-likeness (QED) is 0.527. The van der Waals surface area contributed by atoms with E-state index in [0.29, 0.717) is 11.0 Å². The fourth-order valence-corrected chi connectivity index (χ4v) is 4.89. The fraction of sp³-hybridized carbons (Fsp3) is 0.391. The standard InChI is InChI=1S/C23H20F6N6O2/c24-12-4-14(25)20-16(5-12)35(10-19(36)34-3-1-2-17(34)23(27,28)29)32-21(20)11-8-33(9-11)22(37)13-6-18(30)31-7-15(13)26/h4-7,11,17H,1-3,8-10H2,(H2,30,31)/t17-/m0/s1. The molecule has 2 aliphatic rings. The van der Waals surface area contributed by atoms with Gasteiger partial charge in [0.15, 0.2) is 5.82 Å². The van der Waals surface area contributed by atoms with E-state index in [2.05, 4.69) is 10.1 Å². The Balaban J connectivity index is 1.41. The molecular weight excluding hydrogens is 506 g/mol. The molecule has 1 atom stereocenters. The van der Waals surface area contributed by atoms with Gasteiger partial charge in [-0.1, -0.05) is 0 Å². The van der Waals surface area contributed by atoms with Crippen molar-refractivity contribution in [2.45, 2.75) is 37.5 Å². The van der Waals surface area contributed by atoms with Crippen LogP contribution in [0, 0.1) is 17.5 Å². The molecule has 2 saturated heterocycles. The highest BCUT2D eigenvalue weighted by Crippen LogP contribution is 2.36. The Hall–Kier alpha value is -3.84. The molecule has 2 fully saturated rings. The average Bonchev–Trinajstić information content (AvgIpc) is 3.40. The van der Waals surface area contributed by atoms with Crippen molar-refractivity contribution in [3.63, 3.8) is 0 Å². The molecule has 14 heteroatoms. The van der Waals surface area contributed by atoms with Gasteiger partial charge in [0.2, 0.25) is 5.91 Å². The molecule has 2 aliphatic heterocycles. The lowest BCUT2D eigenvalue weighted by molar-refractivity contribution is -0.183. The van der Waals surface area contributed by atoms with Gasteiger partial charge in [0, 0.05) is 37.7 Å². The first-order chi connectivity index (χ1) is 17.4. The molecule has 4 heterocycles. The molecule has 0 aliphatic carbocycles. The minimum atomic E-state index is -4.59. The smallest absolute Gasteiger partial charge is 0.384 e. The molecule has 0 unspecified atom stereocenters. The number of pyridine rings is 1. The van der Waals surface area contributed by atoms with Gasteiger partial charge in [0.05, 0.1) is 28.4 Å². The number of nitrogen functional groups attached to an aromatic ring is 1. The van der Waals surface area contributed by atoms with Crippen molar-refractivity contribution in [3.8, 4) is 0 Å². The number of carbonyl (C=O) groups excluding carboxylic acids is 2. The third-order valence-corrected chi connectivity index (χ3v) is 6.70. The summed E-state index contributed by atoms with van der Waals surface area (Å²) in [6, 6.07) is 0.750. The van der Waals surface area contributed by atoms with Gasteiger partial charge in [-0.3, -0.25) is 14.3 Å². The number of anilines is 1. The molecule has 37 heavy (non-hydrogen) atoms. The zero-order chi connectivity index (χ0) is 26.6. The molecule has 2 aromatic heterocycles. The first kappa shape index (κ1) is 24.8. The first-order valence-electron chi connectivity index (χ1n) is 11.4. The van der Waals surface area contributed by atoms with Gasteiger partial charge in [0.25, 0.3) is 5.91 Å². The number of likely N-dealkylation sites (tertiary alicyclic amines) is 2. The van der Waals surface area contributed by atoms with Crippen LogP contribution in [0.3, 0.4) is 0 Å². The molecule has 3 aromatic rings. The topological polar surface area (TPSA) is 97.3 Å². The normalized spacial score (nSPS) is 18.5. The van der Waals surface area contributed by atoms with Gasteiger partial charge in [-0.25, -0.2) is 18.2 Å². The van der Waals surface area contributed by atoms with Crippen LogP contribution in [-0.2, 0) is 11.3 Å². The number of fused-ring (bicyclic) bond motifs is 1. The van der Waals surface area contributed by atoms with Gasteiger partial charge in [-0.2, -0.15) is 18.3 Å². The van der Waals surface area contributed by atoms with Crippen LogP contribution in [-0.4, -0.2) is 68.2 Å². The van der Waals surface area contributed by atoms with E-state index in [1.807, 2.05) is 0 Å². The second-order valence-electron chi connectivity index (χ2n) is 9.11. The zero-order valence-corrected chi connectivity index (χ0v) is 19.1. The minimum Gasteiger partial charge on any atom is -0.384 e. The summed E-state index contributed by atoms with van der Waals surface area (Å²) in [5, 5.41) is 4.15. The van der Waals surface area contributed by atoms with E-state index in [0.717, 1.165) is 23.0 Å². The molecule has 0 bridgehead atoms. The zero-order valence-electron chi connectivity index (χ0n) is 19.1. The van der Waals surface area contributed by atoms with E-state index in [9.17, 15) is 35.9 Å². The van der Waals surface area contributed by atoms with Crippen LogP contribution in [0.1, 0.15) is 34.8 Å². The summed E-state index contributed by atoms with van der Waals surface area (Å²) in [5.74, 6) is -4.91. The van der Waals surface area contributed by atoms with Crippen molar-refractivity contribution in [1.29, 1.82) is 0 Å². The maximum atomic E-state index is 14.8. The van der Waals surface area contributed by atoms with Crippen molar-refractivity contribution in [2.24, 2.45) is 0 Å². The Morgan fingerprint density at radius 3 is 2.51 bits per heavy atom. The Morgan fingerprint density at radius 1 is 1.08 bits per heavy atom. The number of benzene rings is 1. The van der Waals surface area contributed by atoms with Crippen molar-refractivity contribution in [1.82, 2.24) is 24.6 Å². The monoisotopic (exact) mass is 526 g/mol. The van der Waals surface area contributed by atoms with Crippen molar-refractivity contribution in [3.05, 3.63) is 53.1 Å². The number of halogens is 6. The third-order valence-electron chi connectivity index (χ3n) is 6.70. The number of amides is 2. The highest BCUT2D eigenvalue weighted by atomic mass is 19.4. The molecule has 0 radical (unpaired) electrons. The average molecular weight is 526 g/mol. The fourth-order valence-electron chi connectivity index (χ4n) is 4.89. The number of aromatic nitrogens is 3. The number of nitrogens with two attached hydrogens (primary N) is 1. The Morgan fingerprint density at radius 2 is 1.81 bits per heavy atom. The van der Waals surface area contributed by atoms with Gasteiger partial charge in [0.1, 0.15) is 30.0 Å². The largest absolute Gasteiger partial charge is 0.408 e. The molecular formula is C23H20F6N6O2. The van der Waals surface area contributed by atoms with Gasteiger partial charge in [-0.05, 0) is 18.9 Å². The van der Waals surface area contributed by atoms with E-state index in [-0.39, 0.29) is 60.5 Å². The predicted molar refractivity (Wildman–Crippen MR) is 118 cm³/mol. The summed E-state index contributed by atoms with van der Waals surface area (Å²) in [5.41, 5.74) is 5.26. The number of carbonyl (C=O) groups is 2. The predicted octanol–water partition coefficient (Wildman–Crippen LogP) is 3.22. The van der Waals surface area contributed by atoms with E-state index in [1.165, 1.54) is 4.90 Å². The second kappa shape index (κ2) is 8.92. The van der Waals surface area contributed by atoms with E-state index < -0.39 is 53.9 Å². The lowest BCUT2D eigenvalue weighted by Gasteiger charge is -2.38. The van der Waals surface area contributed by atoms with Gasteiger partial charge < -0.3 is 15.5 Å². The summed E-state index contributed by atoms with van der Waals surface area (Å²) in [6.45, 7) is -0.713. The minimum absolute atomic E-state index is 0.0135. The van der Waals surface area contributed by atoms with E-state index in [1.54, 1.807) is 0 Å². The van der Waals surface area contributed by atoms with Crippen molar-refractivity contribution < 1.29 is 35.9 Å². The Labute approximate surface area is 205 Å².